The summed E-state index contributed by atoms with van der Waals surface area (Å²) in [4.78, 5) is 10.7. The molecule has 0 amide bonds. The summed E-state index contributed by atoms with van der Waals surface area (Å²) in [6.07, 6.45) is 0. The molecule has 0 aliphatic heterocycles. The highest BCUT2D eigenvalue weighted by molar-refractivity contribution is 14.1. The van der Waals surface area contributed by atoms with E-state index in [0.717, 1.165) is 5.56 Å². The van der Waals surface area contributed by atoms with Crippen LogP contribution in [0.2, 0.25) is 19.6 Å². The molecule has 0 heterocycles. The van der Waals surface area contributed by atoms with Crippen LogP contribution in [0.1, 0.15) is 15.9 Å². The fraction of sp³-hybridized carbons (Fsp3) is 0.250. The molecule has 0 aliphatic carbocycles. The van der Waals surface area contributed by atoms with Gasteiger partial charge in [0.25, 0.3) is 0 Å². The minimum Gasteiger partial charge on any atom is -0.545 e. The smallest absolute Gasteiger partial charge is 0.129 e. The number of carbonyl (C=O) groups excluding carboxylic acids is 1. The molecule has 0 fully saturated rings. The van der Waals surface area contributed by atoms with Crippen molar-refractivity contribution in [1.82, 2.24) is 0 Å². The number of aromatic carboxylic acids is 1. The van der Waals surface area contributed by atoms with Gasteiger partial charge < -0.3 is 9.90 Å². The number of rotatable bonds is 1. The van der Waals surface area contributed by atoms with E-state index in [-0.39, 0.29) is 5.56 Å². The van der Waals surface area contributed by atoms with Crippen LogP contribution in [0.4, 0.5) is 0 Å². The second kappa shape index (κ2) is 5.02. The van der Waals surface area contributed by atoms with Crippen molar-refractivity contribution in [3.8, 4) is 11.5 Å². The predicted octanol–water partition coefficient (Wildman–Crippen LogP) is 1.88. The zero-order valence-corrected chi connectivity index (χ0v) is 12.6. The monoisotopic (exact) mass is 343 g/mol. The first kappa shape index (κ1) is 13.3. The molecule has 84 valence electrons. The standard InChI is InChI=1S/C12H13IO2Si/c1-16(2,3)7-6-9-4-5-10(12(14)15)11(13)8-9/h4-5,8H,1-3H3,(H,14,15)/p-1. The van der Waals surface area contributed by atoms with Gasteiger partial charge in [-0.1, -0.05) is 31.6 Å². The average molecular weight is 343 g/mol. The van der Waals surface area contributed by atoms with E-state index in [2.05, 4.69) is 31.1 Å². The summed E-state index contributed by atoms with van der Waals surface area (Å²) in [6.45, 7) is 6.50. The molecule has 0 spiro atoms. The first-order valence-corrected chi connectivity index (χ1v) is 9.41. The average Bonchev–Trinajstić information content (AvgIpc) is 2.13. The molecule has 0 N–H and O–H groups in total. The van der Waals surface area contributed by atoms with E-state index < -0.39 is 14.0 Å². The van der Waals surface area contributed by atoms with Crippen molar-refractivity contribution in [3.05, 3.63) is 32.9 Å². The molecule has 16 heavy (non-hydrogen) atoms. The van der Waals surface area contributed by atoms with Gasteiger partial charge in [0.05, 0.1) is 5.97 Å². The summed E-state index contributed by atoms with van der Waals surface area (Å²) >= 11 is 1.98. The Morgan fingerprint density at radius 1 is 1.38 bits per heavy atom. The van der Waals surface area contributed by atoms with Crippen LogP contribution in [0.15, 0.2) is 18.2 Å². The van der Waals surface area contributed by atoms with Gasteiger partial charge in [-0.15, -0.1) is 5.54 Å². The minimum absolute atomic E-state index is 0.221. The van der Waals surface area contributed by atoms with Crippen molar-refractivity contribution < 1.29 is 9.90 Å². The fourth-order valence-corrected chi connectivity index (χ4v) is 2.27. The lowest BCUT2D eigenvalue weighted by Crippen LogP contribution is -2.23. The van der Waals surface area contributed by atoms with Gasteiger partial charge in [-0.05, 0) is 34.7 Å². The Morgan fingerprint density at radius 2 is 2.00 bits per heavy atom. The second-order valence-electron chi connectivity index (χ2n) is 4.48. The molecule has 0 saturated carbocycles. The first-order chi connectivity index (χ1) is 7.29. The number of carboxylic acid groups (broad SMARTS) is 1. The molecular weight excluding hydrogens is 331 g/mol. The SMILES string of the molecule is C[Si](C)(C)C#Cc1ccc(C(=O)[O-])c(I)c1. The quantitative estimate of drug-likeness (QED) is 0.444. The third-order valence-electron chi connectivity index (χ3n) is 1.77. The Balaban J connectivity index is 3.06. The largest absolute Gasteiger partial charge is 0.545 e. The summed E-state index contributed by atoms with van der Waals surface area (Å²) in [5.74, 6) is 1.94. The highest BCUT2D eigenvalue weighted by atomic mass is 127. The van der Waals surface area contributed by atoms with E-state index in [4.69, 9.17) is 0 Å². The first-order valence-electron chi connectivity index (χ1n) is 4.84. The van der Waals surface area contributed by atoms with Gasteiger partial charge in [-0.25, -0.2) is 0 Å². The lowest BCUT2D eigenvalue weighted by atomic mass is 10.1. The van der Waals surface area contributed by atoms with E-state index in [0.29, 0.717) is 3.57 Å². The molecule has 0 unspecified atom stereocenters. The van der Waals surface area contributed by atoms with E-state index >= 15 is 0 Å². The molecule has 0 bridgehead atoms. The Bertz CT molecular complexity index is 478. The topological polar surface area (TPSA) is 40.1 Å². The van der Waals surface area contributed by atoms with Gasteiger partial charge >= 0.3 is 0 Å². The number of hydrogen-bond acceptors (Lipinski definition) is 2. The zero-order chi connectivity index (χ0) is 12.3. The summed E-state index contributed by atoms with van der Waals surface area (Å²) in [6, 6.07) is 5.05. The number of halogens is 1. The van der Waals surface area contributed by atoms with E-state index in [1.807, 2.05) is 22.6 Å². The molecular formula is C12H12IO2Si-. The number of benzene rings is 1. The highest BCUT2D eigenvalue weighted by Gasteiger charge is 2.07. The van der Waals surface area contributed by atoms with Gasteiger partial charge in [0.15, 0.2) is 0 Å². The van der Waals surface area contributed by atoms with Crippen LogP contribution in [0, 0.1) is 15.0 Å². The molecule has 0 atom stereocenters. The van der Waals surface area contributed by atoms with Crippen molar-refractivity contribution in [2.24, 2.45) is 0 Å². The fourth-order valence-electron chi connectivity index (χ4n) is 1.02. The second-order valence-corrected chi connectivity index (χ2v) is 10.4. The van der Waals surface area contributed by atoms with E-state index in [9.17, 15) is 9.90 Å². The van der Waals surface area contributed by atoms with Crippen LogP contribution in [0.3, 0.4) is 0 Å². The van der Waals surface area contributed by atoms with Crippen molar-refractivity contribution in [3.63, 3.8) is 0 Å². The molecule has 1 rings (SSSR count). The number of hydrogen-bond donors (Lipinski definition) is 0. The van der Waals surface area contributed by atoms with Crippen molar-refractivity contribution in [1.29, 1.82) is 0 Å². The van der Waals surface area contributed by atoms with Gasteiger partial charge in [0.1, 0.15) is 8.07 Å². The van der Waals surface area contributed by atoms with Crippen molar-refractivity contribution in [2.45, 2.75) is 19.6 Å². The maximum atomic E-state index is 10.7. The molecule has 1 aromatic carbocycles. The Kier molecular flexibility index (Phi) is 4.16. The van der Waals surface area contributed by atoms with Gasteiger partial charge in [0, 0.05) is 14.7 Å². The maximum absolute atomic E-state index is 10.7. The summed E-state index contributed by atoms with van der Waals surface area (Å²) < 4.78 is 0.667. The summed E-state index contributed by atoms with van der Waals surface area (Å²) in [5.41, 5.74) is 4.32. The van der Waals surface area contributed by atoms with Crippen LogP contribution in [-0.4, -0.2) is 14.0 Å². The zero-order valence-electron chi connectivity index (χ0n) is 9.43. The Hall–Kier alpha value is -0.803. The number of carbonyl (C=O) groups is 1. The molecule has 0 saturated heterocycles. The van der Waals surface area contributed by atoms with Gasteiger partial charge in [-0.3, -0.25) is 0 Å². The van der Waals surface area contributed by atoms with Gasteiger partial charge in [0.2, 0.25) is 0 Å². The lowest BCUT2D eigenvalue weighted by Gasteiger charge is -2.06. The summed E-state index contributed by atoms with van der Waals surface area (Å²) in [7, 11) is -1.39. The molecule has 1 aromatic rings. The Labute approximate surface area is 110 Å². The van der Waals surface area contributed by atoms with E-state index in [1.54, 1.807) is 18.2 Å². The molecule has 2 nitrogen and oxygen atoms in total. The van der Waals surface area contributed by atoms with Crippen LogP contribution in [-0.2, 0) is 0 Å². The third kappa shape index (κ3) is 3.98. The molecule has 0 aliphatic rings. The van der Waals surface area contributed by atoms with Crippen LogP contribution < -0.4 is 5.11 Å². The number of carboxylic acids is 1. The molecule has 0 aromatic heterocycles. The molecule has 0 radical (unpaired) electrons. The van der Waals surface area contributed by atoms with Gasteiger partial charge in [-0.2, -0.15) is 0 Å². The maximum Gasteiger partial charge on any atom is 0.129 e. The predicted molar refractivity (Wildman–Crippen MR) is 73.7 cm³/mol. The van der Waals surface area contributed by atoms with Crippen LogP contribution in [0.5, 0.6) is 0 Å². The van der Waals surface area contributed by atoms with E-state index in [1.165, 1.54) is 0 Å². The van der Waals surface area contributed by atoms with Crippen LogP contribution >= 0.6 is 22.6 Å². The minimum atomic E-state index is -1.39. The van der Waals surface area contributed by atoms with Crippen molar-refractivity contribution in [2.75, 3.05) is 0 Å². The normalized spacial score (nSPS) is 10.5. The molecule has 4 heteroatoms. The van der Waals surface area contributed by atoms with Crippen LogP contribution in [0.25, 0.3) is 0 Å². The van der Waals surface area contributed by atoms with Crippen molar-refractivity contribution >= 4 is 36.6 Å². The third-order valence-corrected chi connectivity index (χ3v) is 3.54. The Morgan fingerprint density at radius 3 is 2.44 bits per heavy atom. The summed E-state index contributed by atoms with van der Waals surface area (Å²) in [5, 5.41) is 10.7. The lowest BCUT2D eigenvalue weighted by molar-refractivity contribution is -0.255. The highest BCUT2D eigenvalue weighted by Crippen LogP contribution is 2.13.